The van der Waals surface area contributed by atoms with Gasteiger partial charge in [-0.2, -0.15) is 0 Å². The molecule has 0 bridgehead atoms. The molecular weight excluding hydrogens is 196 g/mol. The molecule has 2 atom stereocenters. The molecule has 5 heteroatoms. The van der Waals surface area contributed by atoms with Crippen molar-refractivity contribution in [1.82, 2.24) is 5.32 Å². The molecule has 0 aliphatic heterocycles. The average molecular weight is 216 g/mol. The second-order valence-corrected chi connectivity index (χ2v) is 3.76. The van der Waals surface area contributed by atoms with E-state index in [1.165, 1.54) is 0 Å². The van der Waals surface area contributed by atoms with Gasteiger partial charge >= 0.3 is 5.97 Å². The Morgan fingerprint density at radius 3 is 2.53 bits per heavy atom. The van der Waals surface area contributed by atoms with Crippen LogP contribution >= 0.6 is 0 Å². The Labute approximate surface area is 90.0 Å². The molecule has 15 heavy (non-hydrogen) atoms. The minimum absolute atomic E-state index is 0.0531. The summed E-state index contributed by atoms with van der Waals surface area (Å²) in [6.07, 6.45) is 2.67. The van der Waals surface area contributed by atoms with Crippen molar-refractivity contribution in [2.75, 3.05) is 0 Å². The van der Waals surface area contributed by atoms with Gasteiger partial charge in [-0.25, -0.2) is 0 Å². The van der Waals surface area contributed by atoms with Crippen LogP contribution in [0.2, 0.25) is 0 Å². The Morgan fingerprint density at radius 1 is 1.47 bits per heavy atom. The Hall–Kier alpha value is -1.10. The number of hydrogen-bond acceptors (Lipinski definition) is 3. The summed E-state index contributed by atoms with van der Waals surface area (Å²) in [5, 5.41) is 11.1. The number of carbonyl (C=O) groups excluding carboxylic acids is 1. The van der Waals surface area contributed by atoms with Crippen LogP contribution in [0.25, 0.3) is 0 Å². The SMILES string of the molecule is CCCCC(C)NC(=O)[C@@H](N)CC(=O)O. The zero-order chi connectivity index (χ0) is 11.8. The van der Waals surface area contributed by atoms with E-state index >= 15 is 0 Å². The predicted molar refractivity (Wildman–Crippen MR) is 57.4 cm³/mol. The number of carboxylic acids is 1. The van der Waals surface area contributed by atoms with Gasteiger partial charge in [-0.3, -0.25) is 9.59 Å². The Balaban J connectivity index is 3.85. The minimum atomic E-state index is -1.06. The smallest absolute Gasteiger partial charge is 0.305 e. The van der Waals surface area contributed by atoms with Gasteiger partial charge < -0.3 is 16.2 Å². The largest absolute Gasteiger partial charge is 0.481 e. The van der Waals surface area contributed by atoms with E-state index < -0.39 is 12.0 Å². The molecule has 0 aromatic rings. The lowest BCUT2D eigenvalue weighted by atomic mass is 10.1. The van der Waals surface area contributed by atoms with Gasteiger partial charge in [0.15, 0.2) is 0 Å². The number of amides is 1. The molecule has 0 aromatic heterocycles. The van der Waals surface area contributed by atoms with Crippen molar-refractivity contribution in [3.63, 3.8) is 0 Å². The van der Waals surface area contributed by atoms with Crippen molar-refractivity contribution >= 4 is 11.9 Å². The Morgan fingerprint density at radius 2 is 2.07 bits per heavy atom. The summed E-state index contributed by atoms with van der Waals surface area (Å²) >= 11 is 0. The first kappa shape index (κ1) is 13.9. The molecule has 1 unspecified atom stereocenters. The summed E-state index contributed by atoms with van der Waals surface area (Å²) in [6, 6.07) is -0.899. The van der Waals surface area contributed by atoms with E-state index in [2.05, 4.69) is 12.2 Å². The van der Waals surface area contributed by atoms with Crippen molar-refractivity contribution in [1.29, 1.82) is 0 Å². The molecule has 88 valence electrons. The third-order valence-electron chi connectivity index (χ3n) is 2.11. The fourth-order valence-electron chi connectivity index (χ4n) is 1.21. The van der Waals surface area contributed by atoms with Gasteiger partial charge in [0.25, 0.3) is 0 Å². The van der Waals surface area contributed by atoms with Crippen LogP contribution in [0.1, 0.15) is 39.5 Å². The number of nitrogens with two attached hydrogens (primary N) is 1. The lowest BCUT2D eigenvalue weighted by molar-refractivity contribution is -0.139. The van der Waals surface area contributed by atoms with Crippen LogP contribution in [0.4, 0.5) is 0 Å². The molecule has 0 spiro atoms. The Kier molecular flexibility index (Phi) is 6.70. The van der Waals surface area contributed by atoms with Crippen LogP contribution in [-0.4, -0.2) is 29.1 Å². The quantitative estimate of drug-likeness (QED) is 0.577. The fraction of sp³-hybridized carbons (Fsp3) is 0.800. The molecule has 5 nitrogen and oxygen atoms in total. The first-order chi connectivity index (χ1) is 6.97. The van der Waals surface area contributed by atoms with Gasteiger partial charge in [0, 0.05) is 6.04 Å². The second-order valence-electron chi connectivity index (χ2n) is 3.76. The fourth-order valence-corrected chi connectivity index (χ4v) is 1.21. The number of nitrogens with one attached hydrogen (secondary N) is 1. The zero-order valence-corrected chi connectivity index (χ0v) is 9.32. The molecule has 1 amide bonds. The van der Waals surface area contributed by atoms with E-state index in [1.54, 1.807) is 0 Å². The first-order valence-corrected chi connectivity index (χ1v) is 5.25. The molecule has 0 fully saturated rings. The lowest BCUT2D eigenvalue weighted by Gasteiger charge is -2.16. The summed E-state index contributed by atoms with van der Waals surface area (Å²) in [7, 11) is 0. The normalized spacial score (nSPS) is 14.3. The van der Waals surface area contributed by atoms with Crippen LogP contribution in [0.3, 0.4) is 0 Å². The van der Waals surface area contributed by atoms with Crippen molar-refractivity contribution < 1.29 is 14.7 Å². The van der Waals surface area contributed by atoms with Gasteiger partial charge in [-0.1, -0.05) is 19.8 Å². The number of hydrogen-bond donors (Lipinski definition) is 3. The van der Waals surface area contributed by atoms with Gasteiger partial charge in [0.05, 0.1) is 12.5 Å². The van der Waals surface area contributed by atoms with E-state index in [-0.39, 0.29) is 18.4 Å². The molecule has 0 heterocycles. The zero-order valence-electron chi connectivity index (χ0n) is 9.32. The summed E-state index contributed by atoms with van der Waals surface area (Å²) in [5.74, 6) is -1.44. The monoisotopic (exact) mass is 216 g/mol. The van der Waals surface area contributed by atoms with Crippen molar-refractivity contribution in [2.24, 2.45) is 5.73 Å². The number of unbranched alkanes of at least 4 members (excludes halogenated alkanes) is 1. The van der Waals surface area contributed by atoms with Gasteiger partial charge in [0.2, 0.25) is 5.91 Å². The van der Waals surface area contributed by atoms with E-state index in [1.807, 2.05) is 6.92 Å². The van der Waals surface area contributed by atoms with E-state index in [0.29, 0.717) is 0 Å². The summed E-state index contributed by atoms with van der Waals surface area (Å²) in [6.45, 7) is 3.96. The first-order valence-electron chi connectivity index (χ1n) is 5.25. The van der Waals surface area contributed by atoms with Crippen LogP contribution in [0.5, 0.6) is 0 Å². The molecule has 0 aromatic carbocycles. The molecule has 0 radical (unpaired) electrons. The van der Waals surface area contributed by atoms with Gasteiger partial charge in [-0.05, 0) is 13.3 Å². The van der Waals surface area contributed by atoms with E-state index in [4.69, 9.17) is 10.8 Å². The van der Waals surface area contributed by atoms with Crippen molar-refractivity contribution in [2.45, 2.75) is 51.6 Å². The highest BCUT2D eigenvalue weighted by Crippen LogP contribution is 2.00. The van der Waals surface area contributed by atoms with Gasteiger partial charge in [0.1, 0.15) is 0 Å². The molecular formula is C10H20N2O3. The molecule has 0 rings (SSSR count). The topological polar surface area (TPSA) is 92.4 Å². The molecule has 0 aliphatic carbocycles. The molecule has 0 saturated carbocycles. The van der Waals surface area contributed by atoms with Crippen LogP contribution < -0.4 is 11.1 Å². The average Bonchev–Trinajstić information content (AvgIpc) is 2.13. The highest BCUT2D eigenvalue weighted by atomic mass is 16.4. The third kappa shape index (κ3) is 6.90. The van der Waals surface area contributed by atoms with Crippen molar-refractivity contribution in [3.05, 3.63) is 0 Å². The van der Waals surface area contributed by atoms with Gasteiger partial charge in [-0.15, -0.1) is 0 Å². The van der Waals surface area contributed by atoms with E-state index in [9.17, 15) is 9.59 Å². The molecule has 0 aliphatic rings. The second kappa shape index (κ2) is 7.23. The highest BCUT2D eigenvalue weighted by Gasteiger charge is 2.18. The van der Waals surface area contributed by atoms with E-state index in [0.717, 1.165) is 19.3 Å². The number of carbonyl (C=O) groups is 2. The summed E-state index contributed by atoms with van der Waals surface area (Å²) < 4.78 is 0. The highest BCUT2D eigenvalue weighted by molar-refractivity contribution is 5.86. The summed E-state index contributed by atoms with van der Waals surface area (Å²) in [5.41, 5.74) is 5.40. The number of carboxylic acid groups (broad SMARTS) is 1. The van der Waals surface area contributed by atoms with Crippen LogP contribution in [0.15, 0.2) is 0 Å². The molecule has 4 N–H and O–H groups in total. The maximum Gasteiger partial charge on any atom is 0.305 e. The van der Waals surface area contributed by atoms with Crippen LogP contribution in [0, 0.1) is 0 Å². The Bertz CT molecular complexity index is 219. The minimum Gasteiger partial charge on any atom is -0.481 e. The predicted octanol–water partition coefficient (Wildman–Crippen LogP) is 0.483. The third-order valence-corrected chi connectivity index (χ3v) is 2.11. The molecule has 0 saturated heterocycles. The number of rotatable bonds is 7. The van der Waals surface area contributed by atoms with Crippen molar-refractivity contribution in [3.8, 4) is 0 Å². The summed E-state index contributed by atoms with van der Waals surface area (Å²) in [4.78, 5) is 21.7. The maximum absolute atomic E-state index is 11.4. The standard InChI is InChI=1S/C10H20N2O3/c1-3-4-5-7(2)12-10(15)8(11)6-9(13)14/h7-8H,3-6,11H2,1-2H3,(H,12,15)(H,13,14)/t7?,8-/m0/s1. The maximum atomic E-state index is 11.4. The number of aliphatic carboxylic acids is 1. The van der Waals surface area contributed by atoms with Crippen LogP contribution in [-0.2, 0) is 9.59 Å². The lowest BCUT2D eigenvalue weighted by Crippen LogP contribution is -2.45.